The van der Waals surface area contributed by atoms with Crippen LogP contribution < -0.4 is 9.62 Å². The molecule has 0 bridgehead atoms. The summed E-state index contributed by atoms with van der Waals surface area (Å²) in [6.45, 7) is 1.53. The van der Waals surface area contributed by atoms with Crippen molar-refractivity contribution in [1.29, 1.82) is 0 Å². The molecule has 0 aliphatic heterocycles. The molecule has 1 N–H and O–H groups in total. The standard InChI is InChI=1S/C22H20Cl2N2O3S/c1-2-16-8-6-7-11-20(16)25-22(27)15-26(21-13-12-17(23)14-19(21)24)30(28,29)18-9-4-3-5-10-18/h3-14H,2,15H2,1H3,(H,25,27). The van der Waals surface area contributed by atoms with Gasteiger partial charge in [-0.1, -0.05) is 66.5 Å². The summed E-state index contributed by atoms with van der Waals surface area (Å²) < 4.78 is 27.7. The van der Waals surface area contributed by atoms with Crippen LogP contribution in [0.4, 0.5) is 11.4 Å². The molecule has 5 nitrogen and oxygen atoms in total. The molecule has 0 saturated carbocycles. The third-order valence-electron chi connectivity index (χ3n) is 4.47. The summed E-state index contributed by atoms with van der Waals surface area (Å²) >= 11 is 12.3. The molecule has 30 heavy (non-hydrogen) atoms. The number of anilines is 2. The quantitative estimate of drug-likeness (QED) is 0.511. The number of nitrogens with zero attached hydrogens (tertiary/aromatic N) is 1. The van der Waals surface area contributed by atoms with Gasteiger partial charge in [0.25, 0.3) is 10.0 Å². The molecule has 0 atom stereocenters. The Morgan fingerprint density at radius 3 is 2.30 bits per heavy atom. The van der Waals surface area contributed by atoms with Gasteiger partial charge in [0.2, 0.25) is 5.91 Å². The van der Waals surface area contributed by atoms with Crippen molar-refractivity contribution in [2.75, 3.05) is 16.2 Å². The fourth-order valence-electron chi connectivity index (χ4n) is 2.97. The fourth-order valence-corrected chi connectivity index (χ4v) is 5.00. The molecule has 8 heteroatoms. The molecule has 0 aliphatic carbocycles. The van der Waals surface area contributed by atoms with E-state index in [1.165, 1.54) is 30.3 Å². The first-order valence-electron chi connectivity index (χ1n) is 9.23. The minimum Gasteiger partial charge on any atom is -0.324 e. The Morgan fingerprint density at radius 2 is 1.63 bits per heavy atom. The molecule has 3 aromatic carbocycles. The number of sulfonamides is 1. The monoisotopic (exact) mass is 462 g/mol. The zero-order valence-corrected chi connectivity index (χ0v) is 18.5. The van der Waals surface area contributed by atoms with Crippen LogP contribution in [0.1, 0.15) is 12.5 Å². The van der Waals surface area contributed by atoms with E-state index >= 15 is 0 Å². The van der Waals surface area contributed by atoms with Crippen LogP contribution >= 0.6 is 23.2 Å². The van der Waals surface area contributed by atoms with Crippen molar-refractivity contribution < 1.29 is 13.2 Å². The van der Waals surface area contributed by atoms with E-state index in [4.69, 9.17) is 23.2 Å². The number of amides is 1. The van der Waals surface area contributed by atoms with Crippen molar-refractivity contribution in [3.8, 4) is 0 Å². The van der Waals surface area contributed by atoms with E-state index in [-0.39, 0.29) is 15.6 Å². The van der Waals surface area contributed by atoms with Crippen LogP contribution in [-0.4, -0.2) is 20.9 Å². The summed E-state index contributed by atoms with van der Waals surface area (Å²) in [5.41, 5.74) is 1.76. The number of nitrogens with one attached hydrogen (secondary N) is 1. The van der Waals surface area contributed by atoms with E-state index in [2.05, 4.69) is 5.32 Å². The first-order chi connectivity index (χ1) is 14.3. The predicted octanol–water partition coefficient (Wildman–Crippen LogP) is 5.39. The number of carbonyl (C=O) groups is 1. The number of rotatable bonds is 7. The molecule has 0 spiro atoms. The van der Waals surface area contributed by atoms with Gasteiger partial charge in [0.05, 0.1) is 15.6 Å². The summed E-state index contributed by atoms with van der Waals surface area (Å²) in [6.07, 6.45) is 0.728. The SMILES string of the molecule is CCc1ccccc1NC(=O)CN(c1ccc(Cl)cc1Cl)S(=O)(=O)c1ccccc1. The number of benzene rings is 3. The first-order valence-corrected chi connectivity index (χ1v) is 11.4. The second-order valence-electron chi connectivity index (χ2n) is 6.48. The highest BCUT2D eigenvalue weighted by Gasteiger charge is 2.29. The van der Waals surface area contributed by atoms with E-state index in [1.807, 2.05) is 25.1 Å². The van der Waals surface area contributed by atoms with Gasteiger partial charge in [-0.05, 0) is 48.4 Å². The second-order valence-corrected chi connectivity index (χ2v) is 9.19. The highest BCUT2D eigenvalue weighted by molar-refractivity contribution is 7.92. The molecule has 0 aliphatic rings. The molecule has 0 fully saturated rings. The van der Waals surface area contributed by atoms with Gasteiger partial charge in [0, 0.05) is 10.7 Å². The van der Waals surface area contributed by atoms with Crippen molar-refractivity contribution in [3.63, 3.8) is 0 Å². The lowest BCUT2D eigenvalue weighted by Crippen LogP contribution is -2.38. The molecule has 0 radical (unpaired) electrons. The number of hydrogen-bond acceptors (Lipinski definition) is 3. The Bertz CT molecular complexity index is 1150. The zero-order valence-electron chi connectivity index (χ0n) is 16.2. The van der Waals surface area contributed by atoms with Gasteiger partial charge in [-0.25, -0.2) is 8.42 Å². The van der Waals surface area contributed by atoms with Gasteiger partial charge >= 0.3 is 0 Å². The topological polar surface area (TPSA) is 66.5 Å². The molecule has 0 saturated heterocycles. The Kier molecular flexibility index (Phi) is 7.02. The smallest absolute Gasteiger partial charge is 0.264 e. The van der Waals surface area contributed by atoms with E-state index in [0.717, 1.165) is 16.3 Å². The van der Waals surface area contributed by atoms with E-state index in [0.29, 0.717) is 10.7 Å². The minimum atomic E-state index is -4.05. The normalized spacial score (nSPS) is 11.2. The van der Waals surface area contributed by atoms with Crippen LogP contribution in [0.5, 0.6) is 0 Å². The first kappa shape index (κ1) is 22.2. The zero-order chi connectivity index (χ0) is 21.7. The van der Waals surface area contributed by atoms with E-state index in [1.54, 1.807) is 24.3 Å². The van der Waals surface area contributed by atoms with Crippen molar-refractivity contribution in [2.24, 2.45) is 0 Å². The number of aryl methyl sites for hydroxylation is 1. The molecule has 1 amide bonds. The third-order valence-corrected chi connectivity index (χ3v) is 6.78. The molecular weight excluding hydrogens is 443 g/mol. The lowest BCUT2D eigenvalue weighted by Gasteiger charge is -2.25. The summed E-state index contributed by atoms with van der Waals surface area (Å²) in [6, 6.07) is 19.7. The van der Waals surface area contributed by atoms with E-state index < -0.39 is 22.5 Å². The van der Waals surface area contributed by atoms with Crippen molar-refractivity contribution in [1.82, 2.24) is 0 Å². The van der Waals surface area contributed by atoms with Gasteiger partial charge in [-0.15, -0.1) is 0 Å². The number of halogens is 2. The minimum absolute atomic E-state index is 0.0535. The largest absolute Gasteiger partial charge is 0.324 e. The van der Waals surface area contributed by atoms with Crippen LogP contribution in [0.2, 0.25) is 10.0 Å². The van der Waals surface area contributed by atoms with Gasteiger partial charge in [-0.2, -0.15) is 0 Å². The van der Waals surface area contributed by atoms with E-state index in [9.17, 15) is 13.2 Å². The van der Waals surface area contributed by atoms with Crippen molar-refractivity contribution >= 4 is 50.5 Å². The lowest BCUT2D eigenvalue weighted by atomic mass is 10.1. The van der Waals surface area contributed by atoms with Crippen molar-refractivity contribution in [2.45, 2.75) is 18.2 Å². The van der Waals surface area contributed by atoms with Crippen LogP contribution in [0.15, 0.2) is 77.7 Å². The number of carbonyl (C=O) groups excluding carboxylic acids is 1. The maximum absolute atomic E-state index is 13.3. The molecule has 0 aromatic heterocycles. The van der Waals surface area contributed by atoms with Crippen LogP contribution in [0, 0.1) is 0 Å². The molecule has 3 rings (SSSR count). The summed E-state index contributed by atoms with van der Waals surface area (Å²) in [5, 5.41) is 3.29. The van der Waals surface area contributed by atoms with Crippen molar-refractivity contribution in [3.05, 3.63) is 88.4 Å². The maximum Gasteiger partial charge on any atom is 0.264 e. The Balaban J connectivity index is 1.98. The highest BCUT2D eigenvalue weighted by atomic mass is 35.5. The van der Waals surface area contributed by atoms with Crippen LogP contribution in [0.25, 0.3) is 0 Å². The lowest BCUT2D eigenvalue weighted by molar-refractivity contribution is -0.114. The Morgan fingerprint density at radius 1 is 0.967 bits per heavy atom. The van der Waals surface area contributed by atoms with Crippen LogP contribution in [0.3, 0.4) is 0 Å². The highest BCUT2D eigenvalue weighted by Crippen LogP contribution is 2.32. The Hall–Kier alpha value is -2.54. The Labute approximate surface area is 186 Å². The average Bonchev–Trinajstić information content (AvgIpc) is 2.73. The van der Waals surface area contributed by atoms with Gasteiger partial charge < -0.3 is 5.32 Å². The summed E-state index contributed by atoms with van der Waals surface area (Å²) in [5.74, 6) is -0.485. The third kappa shape index (κ3) is 4.95. The summed E-state index contributed by atoms with van der Waals surface area (Å²) in [7, 11) is -4.05. The second kappa shape index (κ2) is 9.51. The van der Waals surface area contributed by atoms with Gasteiger partial charge in [0.1, 0.15) is 6.54 Å². The predicted molar refractivity (Wildman–Crippen MR) is 122 cm³/mol. The summed E-state index contributed by atoms with van der Waals surface area (Å²) in [4.78, 5) is 12.9. The van der Waals surface area contributed by atoms with Gasteiger partial charge in [0.15, 0.2) is 0 Å². The number of para-hydroxylation sites is 1. The molecule has 156 valence electrons. The van der Waals surface area contributed by atoms with Crippen LogP contribution in [-0.2, 0) is 21.2 Å². The molecule has 0 heterocycles. The molecule has 3 aromatic rings. The molecule has 0 unspecified atom stereocenters. The maximum atomic E-state index is 13.3. The number of hydrogen-bond donors (Lipinski definition) is 1. The molecular formula is C22H20Cl2N2O3S. The average molecular weight is 463 g/mol. The van der Waals surface area contributed by atoms with Gasteiger partial charge in [-0.3, -0.25) is 9.10 Å². The fraction of sp³-hybridized carbons (Fsp3) is 0.136.